The molecule has 0 saturated carbocycles. The predicted molar refractivity (Wildman–Crippen MR) is 121 cm³/mol. The number of rotatable bonds is 12. The van der Waals surface area contributed by atoms with Gasteiger partial charge in [-0.1, -0.05) is 27.7 Å². The summed E-state index contributed by atoms with van der Waals surface area (Å²) < 4.78 is 11.3. The highest BCUT2D eigenvalue weighted by Gasteiger charge is 2.13. The molecule has 0 aliphatic carbocycles. The molecule has 0 amide bonds. The quantitative estimate of drug-likeness (QED) is 0.312. The summed E-state index contributed by atoms with van der Waals surface area (Å²) in [6.07, 6.45) is 5.45. The molecule has 0 aliphatic rings. The molecule has 0 aromatic heterocycles. The molecule has 2 atom stereocenters. The maximum Gasteiger partial charge on any atom is 0.165 e. The average Bonchev–Trinajstić information content (AvgIpc) is 2.80. The Kier molecular flexibility index (Phi) is 9.33. The third kappa shape index (κ3) is 6.87. The topological polar surface area (TPSA) is 52.6 Å². The lowest BCUT2D eigenvalue weighted by atomic mass is 9.97. The minimum Gasteiger partial charge on any atom is -0.490 e. The Balaban J connectivity index is 1.73. The Morgan fingerprint density at radius 2 is 1.03 bits per heavy atom. The zero-order valence-electron chi connectivity index (χ0n) is 18.4. The molecule has 0 radical (unpaired) electrons. The van der Waals surface area contributed by atoms with Crippen molar-refractivity contribution in [1.82, 2.24) is 0 Å². The number of carbonyl (C=O) groups excluding carboxylic acids is 2. The van der Waals surface area contributed by atoms with E-state index in [1.54, 1.807) is 0 Å². The average molecular weight is 409 g/mol. The van der Waals surface area contributed by atoms with Crippen LogP contribution in [0.2, 0.25) is 0 Å². The summed E-state index contributed by atoms with van der Waals surface area (Å²) in [7, 11) is 0. The van der Waals surface area contributed by atoms with Crippen LogP contribution in [0.5, 0.6) is 11.5 Å². The van der Waals surface area contributed by atoms with E-state index in [9.17, 15) is 9.59 Å². The van der Waals surface area contributed by atoms with Crippen LogP contribution in [-0.4, -0.2) is 24.8 Å². The SMILES string of the molecule is CCC(C)C(=O)c1ccc(OC/C=C\COc2ccc(C(=O)C(C)CC)cc2)cc1. The molecule has 0 fully saturated rings. The largest absolute Gasteiger partial charge is 0.490 e. The van der Waals surface area contributed by atoms with E-state index in [1.165, 1.54) is 0 Å². The van der Waals surface area contributed by atoms with Crippen LogP contribution >= 0.6 is 0 Å². The van der Waals surface area contributed by atoms with Crippen molar-refractivity contribution in [2.45, 2.75) is 40.5 Å². The molecule has 0 heterocycles. The maximum atomic E-state index is 12.1. The summed E-state index contributed by atoms with van der Waals surface area (Å²) in [4.78, 5) is 24.3. The van der Waals surface area contributed by atoms with E-state index in [2.05, 4.69) is 0 Å². The summed E-state index contributed by atoms with van der Waals surface area (Å²) in [5.74, 6) is 1.86. The Hall–Kier alpha value is -2.88. The molecule has 30 heavy (non-hydrogen) atoms. The molecule has 0 bridgehead atoms. The minimum atomic E-state index is 0.0382. The molecule has 2 unspecified atom stereocenters. The lowest BCUT2D eigenvalue weighted by Gasteiger charge is -2.09. The molecule has 4 heteroatoms. The fraction of sp³-hybridized carbons (Fsp3) is 0.385. The third-order valence-corrected chi connectivity index (χ3v) is 5.26. The molecular formula is C26H32O4. The maximum absolute atomic E-state index is 12.1. The van der Waals surface area contributed by atoms with Gasteiger partial charge in [0.1, 0.15) is 24.7 Å². The zero-order chi connectivity index (χ0) is 21.9. The molecular weight excluding hydrogens is 376 g/mol. The Morgan fingerprint density at radius 3 is 1.33 bits per heavy atom. The Bertz CT molecular complexity index is 763. The van der Waals surface area contributed by atoms with Gasteiger partial charge in [-0.25, -0.2) is 0 Å². The monoisotopic (exact) mass is 408 g/mol. The standard InChI is InChI=1S/C26H32O4/c1-5-19(3)25(27)21-9-13-23(14-10-21)29-17-7-8-18-30-24-15-11-22(12-16-24)26(28)20(4)6-2/h7-16,19-20H,5-6,17-18H2,1-4H3/b8-7-. The van der Waals surface area contributed by atoms with Gasteiger partial charge in [0, 0.05) is 23.0 Å². The van der Waals surface area contributed by atoms with Crippen molar-refractivity contribution < 1.29 is 19.1 Å². The second-order valence-corrected chi connectivity index (χ2v) is 7.49. The van der Waals surface area contributed by atoms with Crippen LogP contribution < -0.4 is 9.47 Å². The van der Waals surface area contributed by atoms with Crippen LogP contribution in [0.1, 0.15) is 61.3 Å². The first kappa shape index (κ1) is 23.4. The van der Waals surface area contributed by atoms with Gasteiger partial charge in [0.15, 0.2) is 11.6 Å². The van der Waals surface area contributed by atoms with Crippen LogP contribution in [-0.2, 0) is 0 Å². The summed E-state index contributed by atoms with van der Waals surface area (Å²) >= 11 is 0. The van der Waals surface area contributed by atoms with Crippen LogP contribution in [0, 0.1) is 11.8 Å². The number of Topliss-reactive ketones (excluding diaryl/α,β-unsaturated/α-hetero) is 2. The van der Waals surface area contributed by atoms with Crippen molar-refractivity contribution in [2.24, 2.45) is 11.8 Å². The molecule has 0 spiro atoms. The molecule has 0 N–H and O–H groups in total. The van der Waals surface area contributed by atoms with Gasteiger partial charge < -0.3 is 9.47 Å². The highest BCUT2D eigenvalue weighted by Crippen LogP contribution is 2.18. The highest BCUT2D eigenvalue weighted by molar-refractivity contribution is 5.98. The van der Waals surface area contributed by atoms with Gasteiger partial charge in [0.05, 0.1) is 0 Å². The molecule has 160 valence electrons. The fourth-order valence-electron chi connectivity index (χ4n) is 2.80. The molecule has 2 rings (SSSR count). The normalized spacial score (nSPS) is 13.1. The van der Waals surface area contributed by atoms with Crippen LogP contribution in [0.25, 0.3) is 0 Å². The zero-order valence-corrected chi connectivity index (χ0v) is 18.4. The summed E-state index contributed by atoms with van der Waals surface area (Å²) in [5.41, 5.74) is 1.44. The summed E-state index contributed by atoms with van der Waals surface area (Å²) in [5, 5.41) is 0. The van der Waals surface area contributed by atoms with Gasteiger partial charge in [-0.3, -0.25) is 9.59 Å². The van der Waals surface area contributed by atoms with E-state index < -0.39 is 0 Å². The number of ether oxygens (including phenoxy) is 2. The lowest BCUT2D eigenvalue weighted by Crippen LogP contribution is -2.10. The molecule has 2 aromatic carbocycles. The number of benzene rings is 2. The second-order valence-electron chi connectivity index (χ2n) is 7.49. The molecule has 0 saturated heterocycles. The number of carbonyl (C=O) groups is 2. The van der Waals surface area contributed by atoms with E-state index >= 15 is 0 Å². The van der Waals surface area contributed by atoms with E-state index in [1.807, 2.05) is 88.4 Å². The van der Waals surface area contributed by atoms with Gasteiger partial charge in [-0.15, -0.1) is 0 Å². The second kappa shape index (κ2) is 12.0. The van der Waals surface area contributed by atoms with Crippen LogP contribution in [0.3, 0.4) is 0 Å². The first-order valence-electron chi connectivity index (χ1n) is 10.6. The van der Waals surface area contributed by atoms with Crippen molar-refractivity contribution in [3.63, 3.8) is 0 Å². The van der Waals surface area contributed by atoms with Crippen molar-refractivity contribution in [3.05, 3.63) is 71.8 Å². The van der Waals surface area contributed by atoms with E-state index in [4.69, 9.17) is 9.47 Å². The van der Waals surface area contributed by atoms with E-state index in [0.29, 0.717) is 13.2 Å². The Labute approximate surface area is 179 Å². The number of hydrogen-bond donors (Lipinski definition) is 0. The molecule has 0 aliphatic heterocycles. The summed E-state index contributed by atoms with van der Waals surface area (Å²) in [6.45, 7) is 8.76. The summed E-state index contributed by atoms with van der Waals surface area (Å²) in [6, 6.07) is 14.5. The first-order valence-corrected chi connectivity index (χ1v) is 10.6. The number of hydrogen-bond acceptors (Lipinski definition) is 4. The van der Waals surface area contributed by atoms with Gasteiger partial charge >= 0.3 is 0 Å². The number of ketones is 2. The van der Waals surface area contributed by atoms with Crippen LogP contribution in [0.4, 0.5) is 0 Å². The van der Waals surface area contributed by atoms with E-state index in [-0.39, 0.29) is 23.4 Å². The van der Waals surface area contributed by atoms with Gasteiger partial charge in [-0.05, 0) is 73.5 Å². The fourth-order valence-corrected chi connectivity index (χ4v) is 2.80. The third-order valence-electron chi connectivity index (χ3n) is 5.26. The van der Waals surface area contributed by atoms with E-state index in [0.717, 1.165) is 35.5 Å². The van der Waals surface area contributed by atoms with Crippen molar-refractivity contribution in [3.8, 4) is 11.5 Å². The van der Waals surface area contributed by atoms with Crippen molar-refractivity contribution >= 4 is 11.6 Å². The first-order chi connectivity index (χ1) is 14.5. The predicted octanol–water partition coefficient (Wildman–Crippen LogP) is 6.16. The Morgan fingerprint density at radius 1 is 0.700 bits per heavy atom. The van der Waals surface area contributed by atoms with Gasteiger partial charge in [0.2, 0.25) is 0 Å². The molecule has 4 nitrogen and oxygen atoms in total. The molecule has 2 aromatic rings. The smallest absolute Gasteiger partial charge is 0.165 e. The van der Waals surface area contributed by atoms with Gasteiger partial charge in [0.25, 0.3) is 0 Å². The minimum absolute atomic E-state index is 0.0382. The van der Waals surface area contributed by atoms with Gasteiger partial charge in [-0.2, -0.15) is 0 Å². The highest BCUT2D eigenvalue weighted by atomic mass is 16.5. The van der Waals surface area contributed by atoms with Crippen molar-refractivity contribution in [2.75, 3.05) is 13.2 Å². The van der Waals surface area contributed by atoms with Crippen LogP contribution in [0.15, 0.2) is 60.7 Å². The lowest BCUT2D eigenvalue weighted by molar-refractivity contribution is 0.0920. The van der Waals surface area contributed by atoms with Crippen molar-refractivity contribution in [1.29, 1.82) is 0 Å².